The van der Waals surface area contributed by atoms with Gasteiger partial charge in [-0.15, -0.1) is 0 Å². The summed E-state index contributed by atoms with van der Waals surface area (Å²) in [6.45, 7) is 0.773. The molecule has 0 unspecified atom stereocenters. The molecule has 3 heteroatoms. The van der Waals surface area contributed by atoms with Crippen molar-refractivity contribution in [2.24, 2.45) is 0 Å². The van der Waals surface area contributed by atoms with E-state index >= 15 is 0 Å². The number of aromatic nitrogens is 2. The Bertz CT molecular complexity index is 907. The third-order valence-electron chi connectivity index (χ3n) is 4.42. The molecule has 3 nitrogen and oxygen atoms in total. The highest BCUT2D eigenvalue weighted by Gasteiger charge is 2.14. The number of anilines is 1. The fourth-order valence-corrected chi connectivity index (χ4v) is 3.14. The number of nitrogens with zero attached hydrogens (tertiary/aromatic N) is 2. The Morgan fingerprint density at radius 2 is 1.28 bits per heavy atom. The van der Waals surface area contributed by atoms with Crippen LogP contribution in [-0.2, 0) is 0 Å². The van der Waals surface area contributed by atoms with Crippen molar-refractivity contribution in [2.45, 2.75) is 5.92 Å². The van der Waals surface area contributed by atoms with Gasteiger partial charge in [-0.25, -0.2) is 9.97 Å². The molecule has 0 fully saturated rings. The first-order valence-corrected chi connectivity index (χ1v) is 8.45. The Morgan fingerprint density at radius 3 is 1.96 bits per heavy atom. The van der Waals surface area contributed by atoms with E-state index in [1.165, 1.54) is 11.1 Å². The normalized spacial score (nSPS) is 10.9. The van der Waals surface area contributed by atoms with Crippen molar-refractivity contribution in [2.75, 3.05) is 11.9 Å². The van der Waals surface area contributed by atoms with Gasteiger partial charge in [-0.3, -0.25) is 0 Å². The highest BCUT2D eigenvalue weighted by Crippen LogP contribution is 2.26. The summed E-state index contributed by atoms with van der Waals surface area (Å²) in [5.74, 6) is 1.14. The van der Waals surface area contributed by atoms with Crippen LogP contribution in [0, 0.1) is 0 Å². The maximum atomic E-state index is 4.44. The number of rotatable bonds is 5. The van der Waals surface area contributed by atoms with Gasteiger partial charge in [0.1, 0.15) is 12.1 Å². The van der Waals surface area contributed by atoms with E-state index < -0.39 is 0 Å². The first kappa shape index (κ1) is 15.3. The lowest BCUT2D eigenvalue weighted by molar-refractivity contribution is 0.849. The summed E-state index contributed by atoms with van der Waals surface area (Å²) in [7, 11) is 0. The molecule has 3 aromatic carbocycles. The molecule has 25 heavy (non-hydrogen) atoms. The number of nitrogens with one attached hydrogen (secondary N) is 1. The predicted octanol–water partition coefficient (Wildman–Crippen LogP) is 4.87. The summed E-state index contributed by atoms with van der Waals surface area (Å²) in [6, 6.07) is 29.2. The molecule has 4 aromatic rings. The van der Waals surface area contributed by atoms with Crippen LogP contribution in [0.15, 0.2) is 91.3 Å². The Morgan fingerprint density at radius 1 is 0.680 bits per heavy atom. The molecule has 0 saturated heterocycles. The second-order valence-electron chi connectivity index (χ2n) is 5.99. The maximum Gasteiger partial charge on any atom is 0.137 e. The Labute approximate surface area is 147 Å². The first-order valence-electron chi connectivity index (χ1n) is 8.45. The van der Waals surface area contributed by atoms with Gasteiger partial charge in [0.05, 0.1) is 5.52 Å². The van der Waals surface area contributed by atoms with Gasteiger partial charge in [0, 0.05) is 17.8 Å². The van der Waals surface area contributed by atoms with E-state index in [4.69, 9.17) is 0 Å². The molecule has 0 atom stereocenters. The maximum absolute atomic E-state index is 4.44. The average Bonchev–Trinajstić information content (AvgIpc) is 2.70. The summed E-state index contributed by atoms with van der Waals surface area (Å²) >= 11 is 0. The van der Waals surface area contributed by atoms with Crippen LogP contribution in [-0.4, -0.2) is 16.5 Å². The fraction of sp³-hybridized carbons (Fsp3) is 0.0909. The molecular formula is C22H19N3. The van der Waals surface area contributed by atoms with Crippen molar-refractivity contribution in [3.8, 4) is 0 Å². The Balaban J connectivity index is 1.65. The standard InChI is InChI=1S/C22H19N3/c1-3-9-17(10-4-1)20(18-11-5-2-6-12-18)15-23-22-19-13-7-8-14-21(19)24-16-25-22/h1-14,16,20H,15H2,(H,23,24,25). The molecule has 122 valence electrons. The van der Waals surface area contributed by atoms with Gasteiger partial charge in [-0.05, 0) is 23.3 Å². The van der Waals surface area contributed by atoms with Crippen molar-refractivity contribution < 1.29 is 0 Å². The molecule has 1 aromatic heterocycles. The van der Waals surface area contributed by atoms with E-state index in [1.807, 2.05) is 18.2 Å². The number of hydrogen-bond acceptors (Lipinski definition) is 3. The van der Waals surface area contributed by atoms with Crippen LogP contribution in [0.4, 0.5) is 5.82 Å². The summed E-state index contributed by atoms with van der Waals surface area (Å²) in [4.78, 5) is 8.78. The number of benzene rings is 3. The monoisotopic (exact) mass is 325 g/mol. The minimum Gasteiger partial charge on any atom is -0.369 e. The molecule has 4 rings (SSSR count). The highest BCUT2D eigenvalue weighted by molar-refractivity contribution is 5.88. The fourth-order valence-electron chi connectivity index (χ4n) is 3.14. The molecule has 1 N–H and O–H groups in total. The molecule has 0 saturated carbocycles. The quantitative estimate of drug-likeness (QED) is 0.568. The van der Waals surface area contributed by atoms with Gasteiger partial charge >= 0.3 is 0 Å². The largest absolute Gasteiger partial charge is 0.369 e. The minimum atomic E-state index is 0.260. The zero-order valence-electron chi connectivity index (χ0n) is 13.8. The van der Waals surface area contributed by atoms with Crippen LogP contribution in [0.3, 0.4) is 0 Å². The lowest BCUT2D eigenvalue weighted by Crippen LogP contribution is -2.15. The van der Waals surface area contributed by atoms with Crippen LogP contribution in [0.5, 0.6) is 0 Å². The zero-order chi connectivity index (χ0) is 16.9. The van der Waals surface area contributed by atoms with Gasteiger partial charge in [0.2, 0.25) is 0 Å². The Hall–Kier alpha value is -3.20. The molecule has 0 radical (unpaired) electrons. The van der Waals surface area contributed by atoms with Crippen molar-refractivity contribution in [1.82, 2.24) is 9.97 Å². The smallest absolute Gasteiger partial charge is 0.137 e. The number of fused-ring (bicyclic) bond motifs is 1. The molecule has 0 amide bonds. The van der Waals surface area contributed by atoms with Crippen molar-refractivity contribution >= 4 is 16.7 Å². The molecule has 0 bridgehead atoms. The van der Waals surface area contributed by atoms with Crippen LogP contribution < -0.4 is 5.32 Å². The first-order chi connectivity index (χ1) is 12.4. The molecule has 1 heterocycles. The van der Waals surface area contributed by atoms with E-state index in [0.29, 0.717) is 0 Å². The zero-order valence-corrected chi connectivity index (χ0v) is 13.8. The van der Waals surface area contributed by atoms with Gasteiger partial charge < -0.3 is 5.32 Å². The third-order valence-corrected chi connectivity index (χ3v) is 4.42. The predicted molar refractivity (Wildman–Crippen MR) is 103 cm³/mol. The van der Waals surface area contributed by atoms with Crippen molar-refractivity contribution in [3.63, 3.8) is 0 Å². The van der Waals surface area contributed by atoms with E-state index in [1.54, 1.807) is 6.33 Å². The molecule has 0 aliphatic rings. The molecule has 0 aliphatic carbocycles. The highest BCUT2D eigenvalue weighted by atomic mass is 15.0. The molecular weight excluding hydrogens is 306 g/mol. The minimum absolute atomic E-state index is 0.260. The number of para-hydroxylation sites is 1. The van der Waals surface area contributed by atoms with E-state index in [-0.39, 0.29) is 5.92 Å². The average molecular weight is 325 g/mol. The lowest BCUT2D eigenvalue weighted by atomic mass is 9.91. The third kappa shape index (κ3) is 3.36. The van der Waals surface area contributed by atoms with Gasteiger partial charge in [-0.1, -0.05) is 72.8 Å². The van der Waals surface area contributed by atoms with E-state index in [2.05, 4.69) is 82.0 Å². The van der Waals surface area contributed by atoms with Gasteiger partial charge in [-0.2, -0.15) is 0 Å². The van der Waals surface area contributed by atoms with Crippen molar-refractivity contribution in [1.29, 1.82) is 0 Å². The van der Waals surface area contributed by atoms with Gasteiger partial charge in [0.25, 0.3) is 0 Å². The molecule has 0 aliphatic heterocycles. The van der Waals surface area contributed by atoms with Crippen LogP contribution in [0.1, 0.15) is 17.0 Å². The van der Waals surface area contributed by atoms with Crippen LogP contribution in [0.2, 0.25) is 0 Å². The summed E-state index contributed by atoms with van der Waals surface area (Å²) in [5.41, 5.74) is 3.54. The van der Waals surface area contributed by atoms with E-state index in [9.17, 15) is 0 Å². The van der Waals surface area contributed by atoms with Crippen LogP contribution in [0.25, 0.3) is 10.9 Å². The second-order valence-corrected chi connectivity index (χ2v) is 5.99. The molecule has 0 spiro atoms. The van der Waals surface area contributed by atoms with E-state index in [0.717, 1.165) is 23.3 Å². The lowest BCUT2D eigenvalue weighted by Gasteiger charge is -2.19. The summed E-state index contributed by atoms with van der Waals surface area (Å²) in [5, 5.41) is 4.58. The SMILES string of the molecule is c1ccc(C(CNc2ncnc3ccccc23)c2ccccc2)cc1. The number of hydrogen-bond donors (Lipinski definition) is 1. The van der Waals surface area contributed by atoms with Gasteiger partial charge in [0.15, 0.2) is 0 Å². The second kappa shape index (κ2) is 7.14. The topological polar surface area (TPSA) is 37.8 Å². The summed E-state index contributed by atoms with van der Waals surface area (Å²) in [6.07, 6.45) is 1.62. The van der Waals surface area contributed by atoms with Crippen LogP contribution >= 0.6 is 0 Å². The van der Waals surface area contributed by atoms with Crippen molar-refractivity contribution in [3.05, 3.63) is 102 Å². The Kier molecular flexibility index (Phi) is 4.38. The summed E-state index contributed by atoms with van der Waals surface area (Å²) < 4.78 is 0.